The van der Waals surface area contributed by atoms with Crippen molar-refractivity contribution in [2.24, 2.45) is 11.8 Å². The minimum Gasteiger partial charge on any atom is -0.483 e. The van der Waals surface area contributed by atoms with E-state index in [9.17, 15) is 9.59 Å². The molecule has 32 heavy (non-hydrogen) atoms. The Morgan fingerprint density at radius 2 is 1.91 bits per heavy atom. The Kier molecular flexibility index (Phi) is 5.89. The first kappa shape index (κ1) is 21.5. The first-order chi connectivity index (χ1) is 15.5. The molecular weight excluding hydrogens is 410 g/mol. The third-order valence-electron chi connectivity index (χ3n) is 6.37. The highest BCUT2D eigenvalue weighted by atomic mass is 16.3. The number of rotatable bonds is 2. The molecule has 0 unspecified atom stereocenters. The molecule has 3 atom stereocenters. The molecule has 2 saturated heterocycles. The molecule has 0 aliphatic carbocycles. The Bertz CT molecular complexity index is 1160. The summed E-state index contributed by atoms with van der Waals surface area (Å²) >= 11 is 0. The molecule has 1 N–H and O–H groups in total. The second-order valence-corrected chi connectivity index (χ2v) is 8.16. The van der Waals surface area contributed by atoms with Gasteiger partial charge in [-0.15, -0.1) is 0 Å². The molecule has 0 saturated carbocycles. The molecule has 166 valence electrons. The van der Waals surface area contributed by atoms with Gasteiger partial charge >= 0.3 is 0 Å². The summed E-state index contributed by atoms with van der Waals surface area (Å²) in [6.45, 7) is 5.45. The van der Waals surface area contributed by atoms with Crippen LogP contribution in [0, 0.1) is 18.8 Å². The van der Waals surface area contributed by atoms with Gasteiger partial charge < -0.3 is 14.9 Å². The molecule has 4 heterocycles. The van der Waals surface area contributed by atoms with E-state index in [1.807, 2.05) is 21.9 Å². The summed E-state index contributed by atoms with van der Waals surface area (Å²) < 4.78 is 1.62. The fourth-order valence-corrected chi connectivity index (χ4v) is 5.00. The summed E-state index contributed by atoms with van der Waals surface area (Å²) in [4.78, 5) is 42.1. The van der Waals surface area contributed by atoms with E-state index >= 15 is 0 Å². The number of likely N-dealkylation sites (tertiary alicyclic amines) is 2. The van der Waals surface area contributed by atoms with Gasteiger partial charge in [0.05, 0.1) is 12.2 Å². The van der Waals surface area contributed by atoms with E-state index < -0.39 is 0 Å². The molecule has 0 bridgehead atoms. The lowest BCUT2D eigenvalue weighted by Crippen LogP contribution is -2.36. The van der Waals surface area contributed by atoms with Crippen LogP contribution in [0.15, 0.2) is 48.9 Å². The van der Waals surface area contributed by atoms with E-state index in [0.717, 1.165) is 0 Å². The van der Waals surface area contributed by atoms with Crippen molar-refractivity contribution in [2.45, 2.75) is 19.9 Å². The topological polar surface area (TPSA) is 108 Å². The largest absolute Gasteiger partial charge is 0.483 e. The predicted molar refractivity (Wildman–Crippen MR) is 116 cm³/mol. The second kappa shape index (κ2) is 8.78. The zero-order chi connectivity index (χ0) is 22.8. The van der Waals surface area contributed by atoms with Crippen LogP contribution in [-0.4, -0.2) is 67.4 Å². The zero-order valence-electron chi connectivity index (χ0n) is 18.0. The number of aromatic nitrogens is 3. The van der Waals surface area contributed by atoms with Crippen molar-refractivity contribution in [1.82, 2.24) is 24.4 Å². The summed E-state index contributed by atoms with van der Waals surface area (Å²) in [5, 5.41) is 11.1. The van der Waals surface area contributed by atoms with Crippen LogP contribution in [0.3, 0.4) is 0 Å². The van der Waals surface area contributed by atoms with Gasteiger partial charge in [-0.2, -0.15) is 5.10 Å². The Labute approximate surface area is 185 Å². The van der Waals surface area contributed by atoms with E-state index in [2.05, 4.69) is 29.1 Å². The van der Waals surface area contributed by atoms with E-state index in [1.165, 1.54) is 11.1 Å². The summed E-state index contributed by atoms with van der Waals surface area (Å²) in [7, 11) is 0. The van der Waals surface area contributed by atoms with Crippen molar-refractivity contribution in [2.75, 3.05) is 19.6 Å². The molecule has 0 spiro atoms. The van der Waals surface area contributed by atoms with Gasteiger partial charge in [0.25, 0.3) is 12.4 Å². The van der Waals surface area contributed by atoms with E-state index in [4.69, 9.17) is 9.90 Å². The summed E-state index contributed by atoms with van der Waals surface area (Å²) in [5.41, 5.74) is 3.47. The maximum Gasteiger partial charge on any atom is 0.290 e. The minimum atomic E-state index is -0.250. The number of benzene rings is 1. The number of aryl methyl sites for hydroxylation is 1. The van der Waals surface area contributed by atoms with Crippen molar-refractivity contribution in [3.63, 3.8) is 0 Å². The number of hydrogen-bond acceptors (Lipinski definition) is 5. The summed E-state index contributed by atoms with van der Waals surface area (Å²) in [6.07, 6.45) is 5.06. The Morgan fingerprint density at radius 3 is 2.62 bits per heavy atom. The van der Waals surface area contributed by atoms with Crippen LogP contribution in [-0.2, 0) is 9.59 Å². The number of fused-ring (bicyclic) bond motifs is 2. The lowest BCUT2D eigenvalue weighted by Gasteiger charge is -2.30. The van der Waals surface area contributed by atoms with Crippen molar-refractivity contribution < 1.29 is 19.5 Å². The van der Waals surface area contributed by atoms with Gasteiger partial charge in [-0.3, -0.25) is 14.4 Å². The van der Waals surface area contributed by atoms with Crippen LogP contribution in [0.1, 0.15) is 34.5 Å². The highest BCUT2D eigenvalue weighted by molar-refractivity contribution is 5.99. The van der Waals surface area contributed by atoms with Crippen LogP contribution >= 0.6 is 0 Å². The van der Waals surface area contributed by atoms with Crippen LogP contribution in [0.2, 0.25) is 0 Å². The van der Waals surface area contributed by atoms with E-state index in [0.29, 0.717) is 30.8 Å². The van der Waals surface area contributed by atoms with Gasteiger partial charge in [-0.1, -0.05) is 24.3 Å². The van der Waals surface area contributed by atoms with Gasteiger partial charge in [0.2, 0.25) is 5.91 Å². The molecule has 5 rings (SSSR count). The normalized spacial score (nSPS) is 21.8. The van der Waals surface area contributed by atoms with Crippen molar-refractivity contribution in [3.05, 3.63) is 65.6 Å². The third kappa shape index (κ3) is 3.70. The van der Waals surface area contributed by atoms with Gasteiger partial charge in [-0.05, 0) is 24.1 Å². The molecular formula is C23H25N5O4. The van der Waals surface area contributed by atoms with Crippen LogP contribution in [0.4, 0.5) is 0 Å². The molecule has 1 aromatic carbocycles. The molecule has 9 nitrogen and oxygen atoms in total. The van der Waals surface area contributed by atoms with Crippen molar-refractivity contribution in [1.29, 1.82) is 0 Å². The van der Waals surface area contributed by atoms with Crippen molar-refractivity contribution in [3.8, 4) is 0 Å². The lowest BCUT2D eigenvalue weighted by molar-refractivity contribution is -0.130. The maximum atomic E-state index is 13.2. The predicted octanol–water partition coefficient (Wildman–Crippen LogP) is 2.03. The van der Waals surface area contributed by atoms with E-state index in [-0.39, 0.29) is 36.2 Å². The second-order valence-electron chi connectivity index (χ2n) is 8.16. The van der Waals surface area contributed by atoms with Crippen LogP contribution in [0.5, 0.6) is 0 Å². The quantitative estimate of drug-likeness (QED) is 0.617. The Balaban J connectivity index is 0.000000775. The average Bonchev–Trinajstić information content (AvgIpc) is 3.47. The highest BCUT2D eigenvalue weighted by Gasteiger charge is 2.50. The molecule has 9 heteroatoms. The van der Waals surface area contributed by atoms with Crippen molar-refractivity contribution >= 4 is 23.9 Å². The monoisotopic (exact) mass is 435 g/mol. The lowest BCUT2D eigenvalue weighted by atomic mass is 9.87. The molecule has 3 aromatic rings. The molecule has 2 aliphatic rings. The number of nitrogens with zero attached hydrogens (tertiary/aromatic N) is 5. The van der Waals surface area contributed by atoms with Crippen LogP contribution in [0.25, 0.3) is 5.65 Å². The third-order valence-corrected chi connectivity index (χ3v) is 6.37. The van der Waals surface area contributed by atoms with E-state index in [1.54, 1.807) is 36.1 Å². The Morgan fingerprint density at radius 1 is 1.16 bits per heavy atom. The zero-order valence-corrected chi connectivity index (χ0v) is 18.0. The standard InChI is InChI=1S/C22H23N5O2.CH2O2/c1-14-6-3-4-7-17(14)20-19-13-25(11-16(19)12-26(20)15(2)28)22(29)18-10-24-27-9-5-8-23-21(18)27;2-1-3/h3-10,16,19-20H,11-13H2,1-2H3;1H,(H,2,3)/t16-,19-,20+;/m1./s1. The molecule has 0 radical (unpaired) electrons. The Hall–Kier alpha value is -3.75. The fourth-order valence-electron chi connectivity index (χ4n) is 5.00. The minimum absolute atomic E-state index is 0.0125. The SMILES string of the molecule is CC(=O)N1C[C@H]2CN(C(=O)c3cnn4cccnc34)C[C@H]2[C@@H]1c1ccccc1C.O=CO. The fraction of sp³-hybridized carbons (Fsp3) is 0.348. The number of carboxylic acid groups (broad SMARTS) is 1. The van der Waals surface area contributed by atoms with Gasteiger partial charge in [-0.25, -0.2) is 9.50 Å². The molecule has 2 aromatic heterocycles. The van der Waals surface area contributed by atoms with Gasteiger partial charge in [0, 0.05) is 50.8 Å². The number of hydrogen-bond donors (Lipinski definition) is 1. The summed E-state index contributed by atoms with van der Waals surface area (Å²) in [6, 6.07) is 10.0. The molecule has 2 aliphatic heterocycles. The summed E-state index contributed by atoms with van der Waals surface area (Å²) in [5.74, 6) is 0.573. The first-order valence-electron chi connectivity index (χ1n) is 10.4. The van der Waals surface area contributed by atoms with Gasteiger partial charge in [0.15, 0.2) is 5.65 Å². The van der Waals surface area contributed by atoms with Gasteiger partial charge in [0.1, 0.15) is 5.56 Å². The molecule has 2 fully saturated rings. The highest BCUT2D eigenvalue weighted by Crippen LogP contribution is 2.46. The average molecular weight is 435 g/mol. The maximum absolute atomic E-state index is 13.2. The molecule has 2 amide bonds. The van der Waals surface area contributed by atoms with Crippen LogP contribution < -0.4 is 0 Å². The first-order valence-corrected chi connectivity index (χ1v) is 10.4. The number of carbonyl (C=O) groups excluding carboxylic acids is 2. The number of carbonyl (C=O) groups is 3. The smallest absolute Gasteiger partial charge is 0.290 e. The number of amides is 2.